The fourth-order valence-corrected chi connectivity index (χ4v) is 2.79. The van der Waals surface area contributed by atoms with Crippen LogP contribution in [0.25, 0.3) is 11.4 Å². The van der Waals surface area contributed by atoms with E-state index in [1.165, 1.54) is 10.5 Å². The lowest BCUT2D eigenvalue weighted by atomic mass is 10.1. The van der Waals surface area contributed by atoms with Gasteiger partial charge in [0.1, 0.15) is 5.75 Å². The lowest BCUT2D eigenvalue weighted by Gasteiger charge is -2.21. The summed E-state index contributed by atoms with van der Waals surface area (Å²) < 4.78 is 11.1. The minimum Gasteiger partial charge on any atom is -0.481 e. The summed E-state index contributed by atoms with van der Waals surface area (Å²) >= 11 is 5.89. The van der Waals surface area contributed by atoms with Gasteiger partial charge in [0.05, 0.1) is 6.54 Å². The van der Waals surface area contributed by atoms with Crippen LogP contribution in [0.15, 0.2) is 47.0 Å². The van der Waals surface area contributed by atoms with Gasteiger partial charge < -0.3 is 14.2 Å². The van der Waals surface area contributed by atoms with Crippen LogP contribution in [0, 0.1) is 13.8 Å². The summed E-state index contributed by atoms with van der Waals surface area (Å²) in [6.45, 7) is 5.96. The molecule has 0 radical (unpaired) electrons. The summed E-state index contributed by atoms with van der Waals surface area (Å²) in [6.07, 6.45) is -0.634. The van der Waals surface area contributed by atoms with Crippen LogP contribution in [-0.2, 0) is 11.3 Å². The quantitative estimate of drug-likeness (QED) is 0.613. The van der Waals surface area contributed by atoms with Crippen LogP contribution in [0.2, 0.25) is 5.02 Å². The monoisotopic (exact) mass is 399 g/mol. The van der Waals surface area contributed by atoms with E-state index < -0.39 is 6.10 Å². The molecule has 1 atom stereocenters. The lowest BCUT2D eigenvalue weighted by Crippen LogP contribution is -2.37. The predicted octanol–water partition coefficient (Wildman–Crippen LogP) is 4.43. The third-order valence-electron chi connectivity index (χ3n) is 4.46. The Kier molecular flexibility index (Phi) is 5.99. The normalized spacial score (nSPS) is 11.9. The lowest BCUT2D eigenvalue weighted by molar-refractivity contribution is -0.137. The highest BCUT2D eigenvalue weighted by Gasteiger charge is 2.21. The Bertz CT molecular complexity index is 969. The van der Waals surface area contributed by atoms with E-state index in [1.807, 2.05) is 44.2 Å². The predicted molar refractivity (Wildman–Crippen MR) is 107 cm³/mol. The van der Waals surface area contributed by atoms with Crippen LogP contribution in [0.5, 0.6) is 5.75 Å². The smallest absolute Gasteiger partial charge is 0.263 e. The topological polar surface area (TPSA) is 68.5 Å². The van der Waals surface area contributed by atoms with Crippen molar-refractivity contribution < 1.29 is 14.1 Å². The third-order valence-corrected chi connectivity index (χ3v) is 4.71. The first kappa shape index (κ1) is 19.9. The molecule has 0 unspecified atom stereocenters. The van der Waals surface area contributed by atoms with Crippen LogP contribution >= 0.6 is 11.6 Å². The Morgan fingerprint density at radius 2 is 1.89 bits per heavy atom. The molecular formula is C21H22ClN3O3. The Balaban J connectivity index is 1.62. The molecule has 28 heavy (non-hydrogen) atoms. The maximum atomic E-state index is 12.6. The second kappa shape index (κ2) is 8.44. The molecule has 0 aliphatic heterocycles. The van der Waals surface area contributed by atoms with E-state index in [0.717, 1.165) is 11.1 Å². The zero-order chi connectivity index (χ0) is 20.3. The van der Waals surface area contributed by atoms with Crippen molar-refractivity contribution in [1.29, 1.82) is 0 Å². The van der Waals surface area contributed by atoms with Crippen molar-refractivity contribution in [2.75, 3.05) is 7.05 Å². The maximum absolute atomic E-state index is 12.6. The third kappa shape index (κ3) is 4.70. The van der Waals surface area contributed by atoms with Crippen LogP contribution < -0.4 is 4.74 Å². The molecule has 0 saturated heterocycles. The number of hydrogen-bond acceptors (Lipinski definition) is 5. The van der Waals surface area contributed by atoms with Gasteiger partial charge in [-0.15, -0.1) is 0 Å². The molecule has 3 aromatic rings. The molecule has 6 nitrogen and oxygen atoms in total. The van der Waals surface area contributed by atoms with Crippen molar-refractivity contribution in [3.8, 4) is 17.1 Å². The first-order valence-corrected chi connectivity index (χ1v) is 9.28. The summed E-state index contributed by atoms with van der Waals surface area (Å²) in [5.74, 6) is 1.29. The molecule has 0 aliphatic rings. The van der Waals surface area contributed by atoms with E-state index in [-0.39, 0.29) is 12.5 Å². The summed E-state index contributed by atoms with van der Waals surface area (Å²) in [6, 6.07) is 12.9. The van der Waals surface area contributed by atoms with Gasteiger partial charge in [-0.1, -0.05) is 22.8 Å². The van der Waals surface area contributed by atoms with E-state index in [0.29, 0.717) is 22.5 Å². The number of carbonyl (C=O) groups excluding carboxylic acids is 1. The highest BCUT2D eigenvalue weighted by Crippen LogP contribution is 2.20. The number of ether oxygens (including phenoxy) is 1. The molecule has 0 N–H and O–H groups in total. The number of rotatable bonds is 6. The van der Waals surface area contributed by atoms with Crippen molar-refractivity contribution in [2.24, 2.45) is 0 Å². The zero-order valence-corrected chi connectivity index (χ0v) is 17.0. The van der Waals surface area contributed by atoms with Gasteiger partial charge in [-0.2, -0.15) is 4.98 Å². The van der Waals surface area contributed by atoms with Crippen LogP contribution in [-0.4, -0.2) is 34.1 Å². The molecule has 0 spiro atoms. The highest BCUT2D eigenvalue weighted by atomic mass is 35.5. The van der Waals surface area contributed by atoms with E-state index in [9.17, 15) is 4.79 Å². The number of amides is 1. The molecule has 0 bridgehead atoms. The van der Waals surface area contributed by atoms with Gasteiger partial charge in [0.15, 0.2) is 6.10 Å². The fourth-order valence-electron chi connectivity index (χ4n) is 2.67. The summed E-state index contributed by atoms with van der Waals surface area (Å²) in [5.41, 5.74) is 3.09. The maximum Gasteiger partial charge on any atom is 0.263 e. The molecule has 1 heterocycles. The molecule has 1 aromatic heterocycles. The van der Waals surface area contributed by atoms with Gasteiger partial charge >= 0.3 is 0 Å². The van der Waals surface area contributed by atoms with Crippen molar-refractivity contribution in [1.82, 2.24) is 15.0 Å². The van der Waals surface area contributed by atoms with Gasteiger partial charge in [-0.3, -0.25) is 4.79 Å². The van der Waals surface area contributed by atoms with E-state index >= 15 is 0 Å². The molecule has 7 heteroatoms. The minimum atomic E-state index is -0.634. The van der Waals surface area contributed by atoms with Gasteiger partial charge in [-0.25, -0.2) is 0 Å². The average Bonchev–Trinajstić information content (AvgIpc) is 3.13. The standard InChI is InChI=1S/C21H22ClN3O3/c1-13-5-10-18(11-14(13)2)27-15(3)21(26)25(4)12-19-23-20(24-28-19)16-6-8-17(22)9-7-16/h5-11,15H,12H2,1-4H3/t15-/m0/s1. The first-order valence-electron chi connectivity index (χ1n) is 8.91. The summed E-state index contributed by atoms with van der Waals surface area (Å²) in [7, 11) is 1.68. The van der Waals surface area contributed by atoms with Crippen LogP contribution in [0.3, 0.4) is 0 Å². The Hall–Kier alpha value is -2.86. The Morgan fingerprint density at radius 1 is 1.18 bits per heavy atom. The van der Waals surface area contributed by atoms with Crippen molar-refractivity contribution in [3.05, 3.63) is 64.5 Å². The SMILES string of the molecule is Cc1ccc(O[C@@H](C)C(=O)N(C)Cc2nc(-c3ccc(Cl)cc3)no2)cc1C. The highest BCUT2D eigenvalue weighted by molar-refractivity contribution is 6.30. The minimum absolute atomic E-state index is 0.176. The molecule has 146 valence electrons. The largest absolute Gasteiger partial charge is 0.481 e. The second-order valence-electron chi connectivity index (χ2n) is 6.72. The van der Waals surface area contributed by atoms with E-state index in [1.54, 1.807) is 26.1 Å². The van der Waals surface area contributed by atoms with E-state index in [2.05, 4.69) is 10.1 Å². The number of nitrogens with zero attached hydrogens (tertiary/aromatic N) is 3. The van der Waals surface area contributed by atoms with Crippen molar-refractivity contribution in [3.63, 3.8) is 0 Å². The van der Waals surface area contributed by atoms with Crippen molar-refractivity contribution in [2.45, 2.75) is 33.4 Å². The molecule has 2 aromatic carbocycles. The van der Waals surface area contributed by atoms with Gasteiger partial charge in [-0.05, 0) is 68.3 Å². The number of aromatic nitrogens is 2. The summed E-state index contributed by atoms with van der Waals surface area (Å²) in [4.78, 5) is 18.5. The zero-order valence-electron chi connectivity index (χ0n) is 16.3. The molecule has 0 saturated carbocycles. The molecule has 0 aliphatic carbocycles. The number of carbonyl (C=O) groups is 1. The number of benzene rings is 2. The number of aryl methyl sites for hydroxylation is 2. The number of halogens is 1. The van der Waals surface area contributed by atoms with Crippen LogP contribution in [0.4, 0.5) is 0 Å². The Morgan fingerprint density at radius 3 is 2.57 bits per heavy atom. The molecule has 1 amide bonds. The van der Waals surface area contributed by atoms with Gasteiger partial charge in [0.25, 0.3) is 5.91 Å². The summed E-state index contributed by atoms with van der Waals surface area (Å²) in [5, 5.41) is 4.60. The Labute approximate surface area is 169 Å². The van der Waals surface area contributed by atoms with Crippen molar-refractivity contribution >= 4 is 17.5 Å². The average molecular weight is 400 g/mol. The number of hydrogen-bond donors (Lipinski definition) is 0. The fraction of sp³-hybridized carbons (Fsp3) is 0.286. The van der Waals surface area contributed by atoms with E-state index in [4.69, 9.17) is 20.9 Å². The number of likely N-dealkylation sites (N-methyl/N-ethyl adjacent to an activating group) is 1. The second-order valence-corrected chi connectivity index (χ2v) is 7.16. The first-order chi connectivity index (χ1) is 13.3. The van der Waals surface area contributed by atoms with Crippen LogP contribution in [0.1, 0.15) is 23.9 Å². The van der Waals surface area contributed by atoms with Gasteiger partial charge in [0, 0.05) is 17.6 Å². The molecule has 0 fully saturated rings. The molecule has 3 rings (SSSR count). The van der Waals surface area contributed by atoms with Gasteiger partial charge in [0.2, 0.25) is 11.7 Å². The molecular weight excluding hydrogens is 378 g/mol.